The standard InChI is InChI=1S/C12H7BrN2O4S2/c1-21(17,18)12-15-14-11(20-12)8-5-19-9-3-2-6(13)4-7(9)10(8)16/h2-5H,1H3. The lowest BCUT2D eigenvalue weighted by Crippen LogP contribution is -2.04. The van der Waals surface area contributed by atoms with Crippen molar-refractivity contribution < 1.29 is 12.8 Å². The summed E-state index contributed by atoms with van der Waals surface area (Å²) in [4.78, 5) is 12.4. The van der Waals surface area contributed by atoms with Crippen molar-refractivity contribution in [2.45, 2.75) is 4.34 Å². The molecule has 0 N–H and O–H groups in total. The maximum Gasteiger partial charge on any atom is 0.232 e. The predicted octanol–water partition coefficient (Wildman–Crippen LogP) is 2.48. The SMILES string of the molecule is CS(=O)(=O)c1nnc(-c2coc3ccc(Br)cc3c2=O)s1. The molecule has 0 aliphatic carbocycles. The summed E-state index contributed by atoms with van der Waals surface area (Å²) >= 11 is 4.13. The number of aromatic nitrogens is 2. The number of hydrogen-bond acceptors (Lipinski definition) is 7. The normalized spacial score (nSPS) is 11.9. The first kappa shape index (κ1) is 14.4. The molecular formula is C12H7BrN2O4S2. The molecule has 0 aliphatic heterocycles. The van der Waals surface area contributed by atoms with Crippen LogP contribution in [0.4, 0.5) is 0 Å². The molecule has 1 aromatic carbocycles. The van der Waals surface area contributed by atoms with Crippen molar-refractivity contribution in [3.05, 3.63) is 39.2 Å². The van der Waals surface area contributed by atoms with Crippen LogP contribution in [0.15, 0.2) is 42.5 Å². The molecule has 0 saturated carbocycles. The van der Waals surface area contributed by atoms with Gasteiger partial charge < -0.3 is 4.42 Å². The molecule has 21 heavy (non-hydrogen) atoms. The third-order valence-electron chi connectivity index (χ3n) is 2.69. The van der Waals surface area contributed by atoms with Crippen LogP contribution in [-0.2, 0) is 9.84 Å². The third kappa shape index (κ3) is 2.63. The van der Waals surface area contributed by atoms with Crippen LogP contribution in [0, 0.1) is 0 Å². The molecule has 0 unspecified atom stereocenters. The van der Waals surface area contributed by atoms with Crippen LogP contribution >= 0.6 is 27.3 Å². The van der Waals surface area contributed by atoms with Crippen LogP contribution < -0.4 is 5.43 Å². The van der Waals surface area contributed by atoms with E-state index in [0.29, 0.717) is 11.0 Å². The number of rotatable bonds is 2. The van der Waals surface area contributed by atoms with Gasteiger partial charge in [0.1, 0.15) is 11.8 Å². The second-order valence-corrected chi connectivity index (χ2v) is 8.35. The lowest BCUT2D eigenvalue weighted by atomic mass is 10.2. The number of fused-ring (bicyclic) bond motifs is 1. The van der Waals surface area contributed by atoms with Crippen LogP contribution in [0.2, 0.25) is 0 Å². The summed E-state index contributed by atoms with van der Waals surface area (Å²) in [7, 11) is -3.45. The Morgan fingerprint density at radius 2 is 2.05 bits per heavy atom. The highest BCUT2D eigenvalue weighted by atomic mass is 79.9. The minimum atomic E-state index is -3.45. The van der Waals surface area contributed by atoms with Crippen LogP contribution in [0.3, 0.4) is 0 Å². The largest absolute Gasteiger partial charge is 0.463 e. The molecule has 3 aromatic rings. The fourth-order valence-corrected chi connectivity index (χ4v) is 3.69. The third-order valence-corrected chi connectivity index (χ3v) is 5.81. The van der Waals surface area contributed by atoms with Gasteiger partial charge in [-0.25, -0.2) is 8.42 Å². The van der Waals surface area contributed by atoms with Crippen molar-refractivity contribution in [3.63, 3.8) is 0 Å². The summed E-state index contributed by atoms with van der Waals surface area (Å²) in [5.74, 6) is 0. The van der Waals surface area contributed by atoms with Crippen molar-refractivity contribution in [3.8, 4) is 10.6 Å². The van der Waals surface area contributed by atoms with Crippen molar-refractivity contribution >= 4 is 48.1 Å². The molecule has 6 nitrogen and oxygen atoms in total. The van der Waals surface area contributed by atoms with Crippen molar-refractivity contribution in [2.24, 2.45) is 0 Å². The quantitative estimate of drug-likeness (QED) is 0.671. The molecule has 0 amide bonds. The molecule has 3 rings (SSSR count). The van der Waals surface area contributed by atoms with Crippen LogP contribution in [0.25, 0.3) is 21.5 Å². The maximum absolute atomic E-state index is 12.4. The number of halogens is 1. The summed E-state index contributed by atoms with van der Waals surface area (Å²) in [6.07, 6.45) is 2.31. The first-order chi connectivity index (χ1) is 9.86. The van der Waals surface area contributed by atoms with Gasteiger partial charge in [-0.1, -0.05) is 27.3 Å². The molecule has 0 bridgehead atoms. The Morgan fingerprint density at radius 1 is 1.29 bits per heavy atom. The van der Waals surface area contributed by atoms with E-state index in [2.05, 4.69) is 26.1 Å². The van der Waals surface area contributed by atoms with Gasteiger partial charge in [-0.05, 0) is 18.2 Å². The summed E-state index contributed by atoms with van der Waals surface area (Å²) in [5, 5.41) is 7.95. The Balaban J connectivity index is 2.24. The molecule has 108 valence electrons. The van der Waals surface area contributed by atoms with E-state index in [1.807, 2.05) is 0 Å². The molecule has 0 radical (unpaired) electrons. The highest BCUT2D eigenvalue weighted by Gasteiger charge is 2.18. The topological polar surface area (TPSA) is 90.1 Å². The zero-order chi connectivity index (χ0) is 15.2. The Bertz CT molecular complexity index is 1010. The van der Waals surface area contributed by atoms with Crippen LogP contribution in [0.5, 0.6) is 0 Å². The first-order valence-corrected chi connectivity index (χ1v) is 9.11. The lowest BCUT2D eigenvalue weighted by Gasteiger charge is -1.99. The van der Waals surface area contributed by atoms with E-state index in [0.717, 1.165) is 22.1 Å². The minimum absolute atomic E-state index is 0.133. The van der Waals surface area contributed by atoms with E-state index >= 15 is 0 Å². The van der Waals surface area contributed by atoms with Gasteiger partial charge in [0.2, 0.25) is 19.6 Å². The van der Waals surface area contributed by atoms with Gasteiger partial charge in [0, 0.05) is 10.7 Å². The maximum atomic E-state index is 12.4. The monoisotopic (exact) mass is 386 g/mol. The summed E-state index contributed by atoms with van der Waals surface area (Å²) in [6, 6.07) is 5.08. The Kier molecular flexibility index (Phi) is 3.42. The molecule has 0 saturated heterocycles. The van der Waals surface area contributed by atoms with E-state index < -0.39 is 9.84 Å². The summed E-state index contributed by atoms with van der Waals surface area (Å²) in [6.45, 7) is 0. The molecule has 0 spiro atoms. The fraction of sp³-hybridized carbons (Fsp3) is 0.0833. The van der Waals surface area contributed by atoms with Crippen molar-refractivity contribution in [1.82, 2.24) is 10.2 Å². The van der Waals surface area contributed by atoms with Gasteiger partial charge in [0.15, 0.2) is 5.01 Å². The van der Waals surface area contributed by atoms with E-state index in [4.69, 9.17) is 4.42 Å². The second kappa shape index (κ2) is 5.00. The van der Waals surface area contributed by atoms with Gasteiger partial charge in [0.05, 0.1) is 10.9 Å². The highest BCUT2D eigenvalue weighted by molar-refractivity contribution is 9.10. The van der Waals surface area contributed by atoms with E-state index in [1.165, 1.54) is 6.26 Å². The van der Waals surface area contributed by atoms with Crippen molar-refractivity contribution in [1.29, 1.82) is 0 Å². The summed E-state index contributed by atoms with van der Waals surface area (Å²) < 4.78 is 28.8. The second-order valence-electron chi connectivity index (χ2n) is 4.26. The molecular weight excluding hydrogens is 380 g/mol. The van der Waals surface area contributed by atoms with Crippen LogP contribution in [-0.4, -0.2) is 24.9 Å². The van der Waals surface area contributed by atoms with Crippen molar-refractivity contribution in [2.75, 3.05) is 6.26 Å². The average Bonchev–Trinajstić information content (AvgIpc) is 2.89. The number of benzene rings is 1. The fourth-order valence-electron chi connectivity index (χ4n) is 1.72. The molecule has 2 aromatic heterocycles. The van der Waals surface area contributed by atoms with Gasteiger partial charge in [-0.2, -0.15) is 0 Å². The van der Waals surface area contributed by atoms with E-state index in [9.17, 15) is 13.2 Å². The smallest absolute Gasteiger partial charge is 0.232 e. The predicted molar refractivity (Wildman–Crippen MR) is 82.2 cm³/mol. The number of sulfone groups is 1. The van der Waals surface area contributed by atoms with Gasteiger partial charge >= 0.3 is 0 Å². The minimum Gasteiger partial charge on any atom is -0.463 e. The number of hydrogen-bond donors (Lipinski definition) is 0. The zero-order valence-electron chi connectivity index (χ0n) is 10.5. The van der Waals surface area contributed by atoms with Gasteiger partial charge in [-0.3, -0.25) is 4.79 Å². The van der Waals surface area contributed by atoms with E-state index in [1.54, 1.807) is 18.2 Å². The zero-order valence-corrected chi connectivity index (χ0v) is 13.8. The Labute approximate surface area is 131 Å². The van der Waals surface area contributed by atoms with E-state index in [-0.39, 0.29) is 20.3 Å². The Morgan fingerprint density at radius 3 is 2.71 bits per heavy atom. The van der Waals surface area contributed by atoms with Gasteiger partial charge in [-0.15, -0.1) is 10.2 Å². The first-order valence-electron chi connectivity index (χ1n) is 5.61. The molecule has 2 heterocycles. The average molecular weight is 387 g/mol. The molecule has 0 fully saturated rings. The highest BCUT2D eigenvalue weighted by Crippen LogP contribution is 2.26. The molecule has 9 heteroatoms. The Hall–Kier alpha value is -1.58. The lowest BCUT2D eigenvalue weighted by molar-refractivity contribution is 0.600. The van der Waals surface area contributed by atoms with Gasteiger partial charge in [0.25, 0.3) is 0 Å². The molecule has 0 aliphatic rings. The number of nitrogens with zero attached hydrogens (tertiary/aromatic N) is 2. The molecule has 0 atom stereocenters. The van der Waals surface area contributed by atoms with Crippen LogP contribution in [0.1, 0.15) is 0 Å². The summed E-state index contributed by atoms with van der Waals surface area (Å²) in [5.41, 5.74) is 0.349.